The van der Waals surface area contributed by atoms with Crippen molar-refractivity contribution >= 4 is 48.9 Å². The van der Waals surface area contributed by atoms with Crippen LogP contribution in [0.25, 0.3) is 0 Å². The molecule has 0 aliphatic carbocycles. The fourth-order valence-corrected chi connectivity index (χ4v) is 5.78. The highest BCUT2D eigenvalue weighted by atomic mass is 35.5. The van der Waals surface area contributed by atoms with Crippen molar-refractivity contribution in [3.8, 4) is 0 Å². The number of benzene rings is 2. The molecule has 0 aromatic heterocycles. The van der Waals surface area contributed by atoms with E-state index in [2.05, 4.69) is 0 Å². The smallest absolute Gasteiger partial charge is 0.266 e. The van der Waals surface area contributed by atoms with E-state index in [1.165, 1.54) is 34.6 Å². The molecule has 128 valence electrons. The summed E-state index contributed by atoms with van der Waals surface area (Å²) in [6.07, 6.45) is 0.361. The Morgan fingerprint density at radius 3 is 2.21 bits per heavy atom. The third-order valence-electron chi connectivity index (χ3n) is 3.70. The van der Waals surface area contributed by atoms with Crippen molar-refractivity contribution in [2.24, 2.45) is 5.14 Å². The largest absolute Gasteiger partial charge is 0.267 e. The van der Waals surface area contributed by atoms with Gasteiger partial charge in [0, 0.05) is 6.54 Å². The van der Waals surface area contributed by atoms with Gasteiger partial charge >= 0.3 is 0 Å². The zero-order valence-electron chi connectivity index (χ0n) is 12.1. The van der Waals surface area contributed by atoms with Crippen molar-refractivity contribution in [2.45, 2.75) is 16.2 Å². The molecule has 24 heavy (non-hydrogen) atoms. The SMILES string of the molecule is NS(=O)(=O)c1ccc2c(c1)CCN2S(=O)(=O)c1c(Cl)cccc1Cl. The van der Waals surface area contributed by atoms with Crippen LogP contribution in [-0.4, -0.2) is 23.4 Å². The Morgan fingerprint density at radius 2 is 1.62 bits per heavy atom. The molecule has 3 rings (SSSR count). The van der Waals surface area contributed by atoms with Crippen molar-refractivity contribution in [3.63, 3.8) is 0 Å². The van der Waals surface area contributed by atoms with Crippen molar-refractivity contribution in [2.75, 3.05) is 10.8 Å². The first-order valence-corrected chi connectivity index (χ1v) is 10.5. The van der Waals surface area contributed by atoms with Gasteiger partial charge in [-0.15, -0.1) is 0 Å². The molecule has 0 atom stereocenters. The summed E-state index contributed by atoms with van der Waals surface area (Å²) in [5.41, 5.74) is 0.965. The summed E-state index contributed by atoms with van der Waals surface area (Å²) in [4.78, 5) is -0.229. The Hall–Kier alpha value is -1.32. The van der Waals surface area contributed by atoms with Crippen molar-refractivity contribution in [1.82, 2.24) is 0 Å². The molecule has 0 bridgehead atoms. The maximum absolute atomic E-state index is 12.9. The lowest BCUT2D eigenvalue weighted by molar-refractivity contribution is 0.592. The van der Waals surface area contributed by atoms with Gasteiger partial charge in [-0.3, -0.25) is 4.31 Å². The van der Waals surface area contributed by atoms with Crippen LogP contribution < -0.4 is 9.44 Å². The van der Waals surface area contributed by atoms with Gasteiger partial charge in [-0.1, -0.05) is 29.3 Å². The standard InChI is InChI=1S/C14H12Cl2N2O4S2/c15-11-2-1-3-12(16)14(11)24(21,22)18-7-6-9-8-10(23(17,19)20)4-5-13(9)18/h1-5,8H,6-7H2,(H2,17,19,20). The van der Waals surface area contributed by atoms with Crippen molar-refractivity contribution < 1.29 is 16.8 Å². The van der Waals surface area contributed by atoms with E-state index in [0.717, 1.165) is 0 Å². The first kappa shape index (κ1) is 17.5. The zero-order chi connectivity index (χ0) is 17.7. The van der Waals surface area contributed by atoms with Crippen molar-refractivity contribution in [1.29, 1.82) is 0 Å². The van der Waals surface area contributed by atoms with E-state index < -0.39 is 20.0 Å². The first-order valence-electron chi connectivity index (χ1n) is 6.75. The van der Waals surface area contributed by atoms with E-state index in [-0.39, 0.29) is 26.4 Å². The predicted octanol–water partition coefficient (Wildman–Crippen LogP) is 2.39. The normalized spacial score (nSPS) is 14.7. The van der Waals surface area contributed by atoms with Crippen LogP contribution in [0, 0.1) is 0 Å². The van der Waals surface area contributed by atoms with Gasteiger partial charge in [0.25, 0.3) is 10.0 Å². The molecular weight excluding hydrogens is 395 g/mol. The second-order valence-corrected chi connectivity index (χ2v) is 9.39. The third kappa shape index (κ3) is 2.89. The Bertz CT molecular complexity index is 1020. The molecule has 0 saturated heterocycles. The minimum atomic E-state index is -3.97. The van der Waals surface area contributed by atoms with E-state index in [1.807, 2.05) is 0 Å². The second-order valence-electron chi connectivity index (χ2n) is 5.21. The molecule has 0 fully saturated rings. The Labute approximate surface area is 149 Å². The molecule has 0 amide bonds. The molecule has 2 aromatic carbocycles. The lowest BCUT2D eigenvalue weighted by atomic mass is 10.2. The molecule has 2 N–H and O–H groups in total. The number of hydrogen-bond acceptors (Lipinski definition) is 4. The highest BCUT2D eigenvalue weighted by Crippen LogP contribution is 2.38. The zero-order valence-corrected chi connectivity index (χ0v) is 15.3. The van der Waals surface area contributed by atoms with E-state index in [0.29, 0.717) is 17.7 Å². The van der Waals surface area contributed by atoms with Crippen LogP contribution >= 0.6 is 23.2 Å². The number of nitrogens with zero attached hydrogens (tertiary/aromatic N) is 1. The number of rotatable bonds is 3. The molecule has 0 radical (unpaired) electrons. The Morgan fingerprint density at radius 1 is 1.00 bits per heavy atom. The fourth-order valence-electron chi connectivity index (χ4n) is 2.61. The van der Waals surface area contributed by atoms with Gasteiger partial charge < -0.3 is 0 Å². The number of primary sulfonamides is 1. The fraction of sp³-hybridized carbons (Fsp3) is 0.143. The second kappa shape index (κ2) is 5.89. The molecule has 0 unspecified atom stereocenters. The Balaban J connectivity index is 2.12. The molecular formula is C14H12Cl2N2O4S2. The van der Waals surface area contributed by atoms with Crippen LogP contribution in [0.2, 0.25) is 10.0 Å². The summed E-state index contributed by atoms with van der Waals surface area (Å²) < 4.78 is 49.9. The lowest BCUT2D eigenvalue weighted by Crippen LogP contribution is -2.29. The minimum absolute atomic E-state index is 0.0251. The van der Waals surface area contributed by atoms with Gasteiger partial charge in [-0.05, 0) is 42.3 Å². The van der Waals surface area contributed by atoms with Crippen LogP contribution in [-0.2, 0) is 26.5 Å². The molecule has 1 heterocycles. The summed E-state index contributed by atoms with van der Waals surface area (Å²) in [7, 11) is -7.83. The maximum atomic E-state index is 12.9. The average Bonchev–Trinajstić information content (AvgIpc) is 2.89. The van der Waals surface area contributed by atoms with Gasteiger partial charge in [0.2, 0.25) is 10.0 Å². The summed E-state index contributed by atoms with van der Waals surface area (Å²) >= 11 is 12.0. The molecule has 1 aliphatic heterocycles. The van der Waals surface area contributed by atoms with E-state index in [9.17, 15) is 16.8 Å². The summed E-state index contributed by atoms with van der Waals surface area (Å²) in [5.74, 6) is 0. The van der Waals surface area contributed by atoms with Crippen LogP contribution in [0.5, 0.6) is 0 Å². The van der Waals surface area contributed by atoms with Gasteiger partial charge in [0.1, 0.15) is 4.90 Å². The number of nitrogens with two attached hydrogens (primary N) is 1. The minimum Gasteiger partial charge on any atom is -0.266 e. The average molecular weight is 407 g/mol. The number of hydrogen-bond donors (Lipinski definition) is 1. The molecule has 10 heteroatoms. The Kier molecular flexibility index (Phi) is 4.29. The molecule has 2 aromatic rings. The number of fused-ring (bicyclic) bond motifs is 1. The summed E-state index contributed by atoms with van der Waals surface area (Å²) in [6, 6.07) is 8.53. The maximum Gasteiger partial charge on any atom is 0.267 e. The lowest BCUT2D eigenvalue weighted by Gasteiger charge is -2.21. The van der Waals surface area contributed by atoms with E-state index in [4.69, 9.17) is 28.3 Å². The molecule has 0 spiro atoms. The van der Waals surface area contributed by atoms with Crippen LogP contribution in [0.4, 0.5) is 5.69 Å². The van der Waals surface area contributed by atoms with E-state index in [1.54, 1.807) is 6.07 Å². The number of anilines is 1. The van der Waals surface area contributed by atoms with Crippen LogP contribution in [0.15, 0.2) is 46.2 Å². The highest BCUT2D eigenvalue weighted by Gasteiger charge is 2.34. The van der Waals surface area contributed by atoms with Gasteiger partial charge in [-0.2, -0.15) is 0 Å². The quantitative estimate of drug-likeness (QED) is 0.845. The first-order chi connectivity index (χ1) is 11.1. The summed E-state index contributed by atoms with van der Waals surface area (Å²) in [6.45, 7) is 0.160. The van der Waals surface area contributed by atoms with Gasteiger partial charge in [-0.25, -0.2) is 22.0 Å². The van der Waals surface area contributed by atoms with Crippen LogP contribution in [0.1, 0.15) is 5.56 Å². The van der Waals surface area contributed by atoms with Gasteiger partial charge in [0.05, 0.1) is 20.6 Å². The number of halogens is 2. The third-order valence-corrected chi connectivity index (χ3v) is 7.38. The highest BCUT2D eigenvalue weighted by molar-refractivity contribution is 7.93. The monoisotopic (exact) mass is 406 g/mol. The van der Waals surface area contributed by atoms with E-state index >= 15 is 0 Å². The predicted molar refractivity (Wildman–Crippen MR) is 92.5 cm³/mol. The number of sulfonamides is 2. The molecule has 1 aliphatic rings. The van der Waals surface area contributed by atoms with Crippen LogP contribution in [0.3, 0.4) is 0 Å². The topological polar surface area (TPSA) is 97.5 Å². The molecule has 0 saturated carbocycles. The van der Waals surface area contributed by atoms with Gasteiger partial charge in [0.15, 0.2) is 0 Å². The van der Waals surface area contributed by atoms with Crippen molar-refractivity contribution in [3.05, 3.63) is 52.0 Å². The molecule has 6 nitrogen and oxygen atoms in total. The summed E-state index contributed by atoms with van der Waals surface area (Å²) in [5, 5.41) is 5.16.